The van der Waals surface area contributed by atoms with Gasteiger partial charge in [0.1, 0.15) is 25.7 Å². The molecule has 0 radical (unpaired) electrons. The largest absolute Gasteiger partial charge is 0.363 e. The summed E-state index contributed by atoms with van der Waals surface area (Å²) in [7, 11) is 0. The van der Waals surface area contributed by atoms with Gasteiger partial charge in [-0.3, -0.25) is 0 Å². The first-order valence-corrected chi connectivity index (χ1v) is 5.49. The second kappa shape index (κ2) is 14.4. The highest BCUT2D eigenvalue weighted by molar-refractivity contribution is 6.17. The molecule has 0 aromatic carbocycles. The summed E-state index contributed by atoms with van der Waals surface area (Å²) in [6.07, 6.45) is 0. The molecule has 0 saturated heterocycles. The van der Waals surface area contributed by atoms with Crippen molar-refractivity contribution in [2.75, 3.05) is 52.1 Å². The lowest BCUT2D eigenvalue weighted by atomic mass is 10.8. The molecule has 0 rings (SSSR count). The van der Waals surface area contributed by atoms with E-state index >= 15 is 0 Å². The number of hydrogen-bond donors (Lipinski definition) is 0. The van der Waals surface area contributed by atoms with Gasteiger partial charge in [-0.15, -0.1) is 0 Å². The van der Waals surface area contributed by atoms with Crippen LogP contribution in [-0.4, -0.2) is 52.1 Å². The fourth-order valence-corrected chi connectivity index (χ4v) is 0.833. The maximum absolute atomic E-state index is 5.27. The minimum Gasteiger partial charge on any atom is -0.363 e. The van der Waals surface area contributed by atoms with Crippen LogP contribution >= 0.6 is 23.2 Å². The summed E-state index contributed by atoms with van der Waals surface area (Å²) >= 11 is 10.5. The summed E-state index contributed by atoms with van der Waals surface area (Å²) in [6.45, 7) is 2.14. The predicted molar refractivity (Wildman–Crippen MR) is 56.1 cm³/mol. The monoisotopic (exact) mass is 262 g/mol. The van der Waals surface area contributed by atoms with Crippen LogP contribution in [0.25, 0.3) is 0 Å². The second-order valence-electron chi connectivity index (χ2n) is 2.29. The summed E-state index contributed by atoms with van der Waals surface area (Å²) in [4.78, 5) is 0. The van der Waals surface area contributed by atoms with E-state index in [-0.39, 0.29) is 25.7 Å². The molecule has 0 bridgehead atoms. The summed E-state index contributed by atoms with van der Waals surface area (Å²) in [6, 6.07) is 0.349. The molecule has 0 aliphatic carbocycles. The maximum atomic E-state index is 5.27. The van der Waals surface area contributed by atoms with Crippen LogP contribution in [0.2, 0.25) is 0 Å². The molecule has 0 spiro atoms. The Balaban J connectivity index is 2.81. The lowest BCUT2D eigenvalue weighted by Gasteiger charge is -2.06. The van der Waals surface area contributed by atoms with Gasteiger partial charge in [0.05, 0.1) is 26.4 Å². The molecule has 5 nitrogen and oxygen atoms in total. The average molecular weight is 263 g/mol. The Morgan fingerprint density at radius 3 is 1.33 bits per heavy atom. The molecular weight excluding hydrogens is 247 g/mol. The van der Waals surface area contributed by atoms with Crippen molar-refractivity contribution in [1.29, 1.82) is 0 Å². The summed E-state index contributed by atoms with van der Waals surface area (Å²) in [5, 5.41) is 0. The van der Waals surface area contributed by atoms with Crippen molar-refractivity contribution in [2.45, 2.75) is 0 Å². The molecule has 7 heteroatoms. The van der Waals surface area contributed by atoms with Gasteiger partial charge >= 0.3 is 0 Å². The van der Waals surface area contributed by atoms with Crippen molar-refractivity contribution >= 4 is 23.2 Å². The highest BCUT2D eigenvalue weighted by Gasteiger charge is 1.90. The molecule has 0 aliphatic rings. The lowest BCUT2D eigenvalue weighted by molar-refractivity contribution is -0.139. The van der Waals surface area contributed by atoms with E-state index in [0.717, 1.165) is 0 Å². The van der Waals surface area contributed by atoms with Gasteiger partial charge in [-0.05, 0) is 0 Å². The highest BCUT2D eigenvalue weighted by atomic mass is 35.5. The Bertz CT molecular complexity index is 105. The smallest absolute Gasteiger partial charge is 0.149 e. The third-order valence-electron chi connectivity index (χ3n) is 1.23. The van der Waals surface area contributed by atoms with E-state index in [0.29, 0.717) is 26.4 Å². The van der Waals surface area contributed by atoms with E-state index in [1.54, 1.807) is 0 Å². The normalized spacial score (nSPS) is 10.8. The Hall–Kier alpha value is 0.380. The summed E-state index contributed by atoms with van der Waals surface area (Å²) in [5.41, 5.74) is 0. The van der Waals surface area contributed by atoms with Gasteiger partial charge in [0.15, 0.2) is 0 Å². The van der Waals surface area contributed by atoms with Crippen LogP contribution in [0.4, 0.5) is 0 Å². The maximum Gasteiger partial charge on any atom is 0.149 e. The molecule has 92 valence electrons. The van der Waals surface area contributed by atoms with E-state index in [2.05, 4.69) is 0 Å². The molecule has 15 heavy (non-hydrogen) atoms. The van der Waals surface area contributed by atoms with Crippen molar-refractivity contribution in [3.8, 4) is 0 Å². The van der Waals surface area contributed by atoms with Crippen LogP contribution in [0, 0.1) is 0 Å². The third kappa shape index (κ3) is 14.4. The first-order valence-electron chi connectivity index (χ1n) is 4.42. The van der Waals surface area contributed by atoms with Gasteiger partial charge in [-0.25, -0.2) is 0 Å². The van der Waals surface area contributed by atoms with Crippen LogP contribution < -0.4 is 0 Å². The third-order valence-corrected chi connectivity index (χ3v) is 1.54. The SMILES string of the molecule is ClCOCCOCOCOCCOCCl. The lowest BCUT2D eigenvalue weighted by Crippen LogP contribution is -2.10. The predicted octanol–water partition coefficient (Wildman–Crippen LogP) is 1.38. The number of rotatable bonds is 12. The van der Waals surface area contributed by atoms with E-state index in [9.17, 15) is 0 Å². The molecular formula is C8H16Cl2O5. The molecule has 0 saturated carbocycles. The van der Waals surface area contributed by atoms with E-state index in [1.165, 1.54) is 0 Å². The first kappa shape index (κ1) is 15.4. The highest BCUT2D eigenvalue weighted by Crippen LogP contribution is 1.85. The fourth-order valence-electron chi connectivity index (χ4n) is 0.615. The van der Waals surface area contributed by atoms with Gasteiger partial charge in [0.2, 0.25) is 0 Å². The van der Waals surface area contributed by atoms with Gasteiger partial charge in [0, 0.05) is 0 Å². The molecule has 0 N–H and O–H groups in total. The molecule has 0 fully saturated rings. The van der Waals surface area contributed by atoms with Crippen molar-refractivity contribution in [1.82, 2.24) is 0 Å². The Morgan fingerprint density at radius 2 is 0.933 bits per heavy atom. The van der Waals surface area contributed by atoms with Crippen LogP contribution in [0.1, 0.15) is 0 Å². The molecule has 0 atom stereocenters. The average Bonchev–Trinajstić information content (AvgIpc) is 2.26. The van der Waals surface area contributed by atoms with Crippen molar-refractivity contribution in [3.05, 3.63) is 0 Å². The zero-order valence-electron chi connectivity index (χ0n) is 8.45. The molecule has 0 unspecified atom stereocenters. The minimum atomic E-state index is 0.169. The Kier molecular flexibility index (Phi) is 14.7. The zero-order chi connectivity index (χ0) is 11.2. The number of halogens is 2. The number of hydrogen-bond acceptors (Lipinski definition) is 5. The van der Waals surface area contributed by atoms with E-state index in [1.807, 2.05) is 0 Å². The molecule has 0 amide bonds. The summed E-state index contributed by atoms with van der Waals surface area (Å²) in [5.74, 6) is 0. The topological polar surface area (TPSA) is 46.2 Å². The van der Waals surface area contributed by atoms with Gasteiger partial charge in [0.25, 0.3) is 0 Å². The first-order chi connectivity index (χ1) is 7.41. The van der Waals surface area contributed by atoms with E-state index in [4.69, 9.17) is 46.9 Å². The van der Waals surface area contributed by atoms with Crippen LogP contribution in [0.5, 0.6) is 0 Å². The minimum absolute atomic E-state index is 0.169. The van der Waals surface area contributed by atoms with Crippen LogP contribution in [0.15, 0.2) is 0 Å². The van der Waals surface area contributed by atoms with E-state index < -0.39 is 0 Å². The van der Waals surface area contributed by atoms with Gasteiger partial charge < -0.3 is 23.7 Å². The molecule has 0 aliphatic heterocycles. The Morgan fingerprint density at radius 1 is 0.533 bits per heavy atom. The standard InChI is InChI=1S/C8H16Cl2O5/c9-5-11-1-3-13-7-15-8-14-4-2-12-6-10/h1-8H2. The van der Waals surface area contributed by atoms with Crippen LogP contribution in [-0.2, 0) is 23.7 Å². The molecule has 0 heterocycles. The Labute approximate surface area is 99.5 Å². The fraction of sp³-hybridized carbons (Fsp3) is 1.00. The van der Waals surface area contributed by atoms with Crippen molar-refractivity contribution < 1.29 is 23.7 Å². The van der Waals surface area contributed by atoms with Crippen molar-refractivity contribution in [2.24, 2.45) is 0 Å². The number of alkyl halides is 2. The number of ether oxygens (including phenoxy) is 5. The zero-order valence-corrected chi connectivity index (χ0v) is 9.97. The van der Waals surface area contributed by atoms with Crippen LogP contribution in [0.3, 0.4) is 0 Å². The molecule has 0 aromatic rings. The molecule has 0 aromatic heterocycles. The summed E-state index contributed by atoms with van der Waals surface area (Å²) < 4.78 is 24.7. The van der Waals surface area contributed by atoms with Gasteiger partial charge in [-0.2, -0.15) is 0 Å². The quantitative estimate of drug-likeness (QED) is 0.302. The second-order valence-corrected chi connectivity index (χ2v) is 2.73. The van der Waals surface area contributed by atoms with Gasteiger partial charge in [-0.1, -0.05) is 23.2 Å². The van der Waals surface area contributed by atoms with Crippen molar-refractivity contribution in [3.63, 3.8) is 0 Å².